The van der Waals surface area contributed by atoms with Crippen LogP contribution in [0.2, 0.25) is 0 Å². The zero-order valence-electron chi connectivity index (χ0n) is 12.9. The van der Waals surface area contributed by atoms with E-state index in [9.17, 15) is 0 Å². The van der Waals surface area contributed by atoms with Crippen molar-refractivity contribution in [2.75, 3.05) is 38.8 Å². The van der Waals surface area contributed by atoms with Crippen molar-refractivity contribution in [3.05, 3.63) is 30.1 Å². The lowest BCUT2D eigenvalue weighted by atomic mass is 9.99. The second-order valence-electron chi connectivity index (χ2n) is 5.75. The number of imidazole rings is 1. The second kappa shape index (κ2) is 6.45. The largest absolute Gasteiger partial charge is 0.384 e. The number of nitrogens with zero attached hydrogens (tertiary/aromatic N) is 3. The molecule has 5 heteroatoms. The van der Waals surface area contributed by atoms with E-state index >= 15 is 0 Å². The number of hydrogen-bond donors (Lipinski definition) is 1. The van der Waals surface area contributed by atoms with E-state index in [0.29, 0.717) is 5.92 Å². The van der Waals surface area contributed by atoms with Crippen molar-refractivity contribution < 1.29 is 4.74 Å². The highest BCUT2D eigenvalue weighted by atomic mass is 16.5. The maximum atomic E-state index is 5.34. The molecule has 21 heavy (non-hydrogen) atoms. The molecule has 1 saturated heterocycles. The number of hydrogen-bond acceptors (Lipinski definition) is 4. The highest BCUT2D eigenvalue weighted by Gasteiger charge is 2.24. The normalized spacial score (nSPS) is 19.3. The second-order valence-corrected chi connectivity index (χ2v) is 5.75. The van der Waals surface area contributed by atoms with Gasteiger partial charge in [0.25, 0.3) is 0 Å². The smallest absolute Gasteiger partial charge is 0.152 e. The van der Waals surface area contributed by atoms with Crippen LogP contribution in [0.5, 0.6) is 0 Å². The van der Waals surface area contributed by atoms with Crippen LogP contribution in [-0.4, -0.2) is 43.2 Å². The minimum Gasteiger partial charge on any atom is -0.384 e. The summed E-state index contributed by atoms with van der Waals surface area (Å²) in [5.41, 5.74) is 2.26. The van der Waals surface area contributed by atoms with Gasteiger partial charge in [0.15, 0.2) is 5.82 Å². The van der Waals surface area contributed by atoms with E-state index < -0.39 is 0 Å². The van der Waals surface area contributed by atoms with E-state index in [1.165, 1.54) is 18.5 Å². The van der Waals surface area contributed by atoms with Crippen LogP contribution in [0.1, 0.15) is 18.5 Å². The molecular formula is C16H24N4O. The van der Waals surface area contributed by atoms with Gasteiger partial charge in [-0.1, -0.05) is 6.07 Å². The van der Waals surface area contributed by atoms with Crippen LogP contribution in [-0.2, 0) is 11.3 Å². The highest BCUT2D eigenvalue weighted by Crippen LogP contribution is 2.27. The van der Waals surface area contributed by atoms with E-state index in [1.54, 1.807) is 7.11 Å². The molecule has 1 unspecified atom stereocenters. The van der Waals surface area contributed by atoms with Crippen molar-refractivity contribution in [2.45, 2.75) is 19.4 Å². The molecular weight excluding hydrogens is 264 g/mol. The van der Waals surface area contributed by atoms with Gasteiger partial charge in [0.05, 0.1) is 12.3 Å². The molecule has 2 aromatic rings. The number of aromatic nitrogens is 2. The highest BCUT2D eigenvalue weighted by molar-refractivity contribution is 5.56. The van der Waals surface area contributed by atoms with Crippen molar-refractivity contribution in [1.29, 1.82) is 0 Å². The lowest BCUT2D eigenvalue weighted by Crippen LogP contribution is -2.38. The standard InChI is InChI=1S/C16H24N4O/c1-17-10-14-16(18-15-7-3-4-9-20(14)15)19-8-5-6-13(11-19)12-21-2/h3-4,7,9,13,17H,5-6,8,10-12H2,1-2H3. The van der Waals surface area contributed by atoms with Gasteiger partial charge >= 0.3 is 0 Å². The molecule has 1 fully saturated rings. The summed E-state index contributed by atoms with van der Waals surface area (Å²) in [5, 5.41) is 3.27. The van der Waals surface area contributed by atoms with Crippen molar-refractivity contribution in [3.8, 4) is 0 Å². The van der Waals surface area contributed by atoms with Gasteiger partial charge in [-0.25, -0.2) is 4.98 Å². The molecule has 0 aromatic carbocycles. The molecule has 1 aliphatic heterocycles. The first-order chi connectivity index (χ1) is 10.3. The fraction of sp³-hybridized carbons (Fsp3) is 0.562. The van der Waals surface area contributed by atoms with E-state index in [1.807, 2.05) is 13.1 Å². The number of pyridine rings is 1. The molecule has 0 radical (unpaired) electrons. The monoisotopic (exact) mass is 288 g/mol. The Morgan fingerprint density at radius 2 is 2.33 bits per heavy atom. The lowest BCUT2D eigenvalue weighted by Gasteiger charge is -2.33. The average Bonchev–Trinajstić information content (AvgIpc) is 2.88. The van der Waals surface area contributed by atoms with Gasteiger partial charge in [0, 0.05) is 32.9 Å². The Bertz CT molecular complexity index is 593. The Morgan fingerprint density at radius 1 is 1.43 bits per heavy atom. The van der Waals surface area contributed by atoms with Crippen molar-refractivity contribution in [1.82, 2.24) is 14.7 Å². The van der Waals surface area contributed by atoms with Crippen LogP contribution in [0.15, 0.2) is 24.4 Å². The van der Waals surface area contributed by atoms with Crippen LogP contribution < -0.4 is 10.2 Å². The average molecular weight is 288 g/mol. The Hall–Kier alpha value is -1.59. The van der Waals surface area contributed by atoms with Crippen LogP contribution in [0.4, 0.5) is 5.82 Å². The Kier molecular flexibility index (Phi) is 4.41. The summed E-state index contributed by atoms with van der Waals surface area (Å²) >= 11 is 0. The molecule has 114 valence electrons. The number of ether oxygens (including phenoxy) is 1. The van der Waals surface area contributed by atoms with E-state index in [0.717, 1.165) is 37.7 Å². The van der Waals surface area contributed by atoms with Gasteiger partial charge in [-0.2, -0.15) is 0 Å². The van der Waals surface area contributed by atoms with Gasteiger partial charge in [0.1, 0.15) is 5.65 Å². The van der Waals surface area contributed by atoms with Crippen LogP contribution in [0.3, 0.4) is 0 Å². The predicted molar refractivity (Wildman–Crippen MR) is 84.8 cm³/mol. The maximum absolute atomic E-state index is 5.34. The molecule has 0 aliphatic carbocycles. The molecule has 1 atom stereocenters. The minimum atomic E-state index is 0.607. The summed E-state index contributed by atoms with van der Waals surface area (Å²) in [7, 11) is 3.77. The number of piperidine rings is 1. The molecule has 5 nitrogen and oxygen atoms in total. The predicted octanol–water partition coefficient (Wildman–Crippen LogP) is 1.92. The van der Waals surface area contributed by atoms with Crippen LogP contribution in [0, 0.1) is 5.92 Å². The first-order valence-electron chi connectivity index (χ1n) is 7.68. The fourth-order valence-electron chi connectivity index (χ4n) is 3.25. The summed E-state index contributed by atoms with van der Waals surface area (Å²) < 4.78 is 7.52. The van der Waals surface area contributed by atoms with E-state index in [2.05, 4.69) is 32.9 Å². The first-order valence-corrected chi connectivity index (χ1v) is 7.68. The summed E-state index contributed by atoms with van der Waals surface area (Å²) in [6.45, 7) is 3.78. The minimum absolute atomic E-state index is 0.607. The Balaban J connectivity index is 1.93. The van der Waals surface area contributed by atoms with Gasteiger partial charge < -0.3 is 19.4 Å². The molecule has 2 aromatic heterocycles. The zero-order valence-corrected chi connectivity index (χ0v) is 12.9. The number of nitrogens with one attached hydrogen (secondary N) is 1. The third-order valence-corrected chi connectivity index (χ3v) is 4.17. The van der Waals surface area contributed by atoms with Crippen molar-refractivity contribution in [2.24, 2.45) is 5.92 Å². The number of anilines is 1. The molecule has 0 amide bonds. The van der Waals surface area contributed by atoms with Gasteiger partial charge in [-0.05, 0) is 37.9 Å². The summed E-state index contributed by atoms with van der Waals surface area (Å²) in [5.74, 6) is 1.73. The first kappa shape index (κ1) is 14.4. The SMILES string of the molecule is CNCc1c(N2CCCC(COC)C2)nc2ccccn12. The molecule has 0 saturated carbocycles. The molecule has 0 spiro atoms. The Labute approximate surface area is 125 Å². The number of rotatable bonds is 5. The van der Waals surface area contributed by atoms with E-state index in [-0.39, 0.29) is 0 Å². The third-order valence-electron chi connectivity index (χ3n) is 4.17. The molecule has 0 bridgehead atoms. The summed E-state index contributed by atoms with van der Waals surface area (Å²) in [4.78, 5) is 7.28. The van der Waals surface area contributed by atoms with Crippen LogP contribution >= 0.6 is 0 Å². The van der Waals surface area contributed by atoms with Gasteiger partial charge in [-0.3, -0.25) is 0 Å². The van der Waals surface area contributed by atoms with E-state index in [4.69, 9.17) is 9.72 Å². The van der Waals surface area contributed by atoms with Crippen LogP contribution in [0.25, 0.3) is 5.65 Å². The van der Waals surface area contributed by atoms with Gasteiger partial charge in [-0.15, -0.1) is 0 Å². The summed E-state index contributed by atoms with van der Waals surface area (Å²) in [6.07, 6.45) is 4.55. The summed E-state index contributed by atoms with van der Waals surface area (Å²) in [6, 6.07) is 6.17. The maximum Gasteiger partial charge on any atom is 0.152 e. The van der Waals surface area contributed by atoms with Crippen molar-refractivity contribution in [3.63, 3.8) is 0 Å². The number of fused-ring (bicyclic) bond motifs is 1. The molecule has 3 heterocycles. The van der Waals surface area contributed by atoms with Gasteiger partial charge in [0.2, 0.25) is 0 Å². The quantitative estimate of drug-likeness (QED) is 0.912. The topological polar surface area (TPSA) is 41.8 Å². The third kappa shape index (κ3) is 2.89. The lowest BCUT2D eigenvalue weighted by molar-refractivity contribution is 0.143. The van der Waals surface area contributed by atoms with Crippen molar-refractivity contribution >= 4 is 11.5 Å². The fourth-order valence-corrected chi connectivity index (χ4v) is 3.25. The Morgan fingerprint density at radius 3 is 3.14 bits per heavy atom. The molecule has 1 N–H and O–H groups in total. The number of methoxy groups -OCH3 is 1. The molecule has 3 rings (SSSR count). The molecule has 1 aliphatic rings. The zero-order chi connectivity index (χ0) is 14.7.